The molecule has 0 aliphatic rings. The number of carbonyl (C=O) groups excluding carboxylic acids is 1. The fourth-order valence-electron chi connectivity index (χ4n) is 1.30. The Hall–Kier alpha value is -1.50. The van der Waals surface area contributed by atoms with Crippen LogP contribution < -0.4 is 16.4 Å². The molecule has 0 aromatic heterocycles. The Morgan fingerprint density at radius 2 is 2.16 bits per heavy atom. The first kappa shape index (κ1) is 17.5. The SMILES string of the molecule is CC(C)(C)OC(=O)NCCNCC(CCN)N=[N+]=[N-]. The van der Waals surface area contributed by atoms with Gasteiger partial charge in [0, 0.05) is 24.5 Å². The van der Waals surface area contributed by atoms with E-state index in [9.17, 15) is 4.79 Å². The summed E-state index contributed by atoms with van der Waals surface area (Å²) in [6.45, 7) is 7.45. The summed E-state index contributed by atoms with van der Waals surface area (Å²) in [7, 11) is 0. The normalized spacial score (nSPS) is 12.4. The number of carbonyl (C=O) groups is 1. The number of nitrogens with zero attached hydrogens (tertiary/aromatic N) is 3. The number of nitrogens with two attached hydrogens (primary N) is 1. The largest absolute Gasteiger partial charge is 0.444 e. The molecule has 19 heavy (non-hydrogen) atoms. The summed E-state index contributed by atoms with van der Waals surface area (Å²) in [5, 5.41) is 9.33. The van der Waals surface area contributed by atoms with Gasteiger partial charge in [0.25, 0.3) is 0 Å². The second-order valence-corrected chi connectivity index (χ2v) is 5.07. The smallest absolute Gasteiger partial charge is 0.407 e. The molecule has 1 unspecified atom stereocenters. The monoisotopic (exact) mass is 272 g/mol. The molecular weight excluding hydrogens is 248 g/mol. The van der Waals surface area contributed by atoms with E-state index in [2.05, 4.69) is 20.7 Å². The Bertz CT molecular complexity index is 309. The highest BCUT2D eigenvalue weighted by Gasteiger charge is 2.15. The lowest BCUT2D eigenvalue weighted by Crippen LogP contribution is -2.38. The van der Waals surface area contributed by atoms with Crippen LogP contribution in [0.15, 0.2) is 5.11 Å². The Kier molecular flexibility index (Phi) is 8.69. The average molecular weight is 272 g/mol. The van der Waals surface area contributed by atoms with E-state index in [1.54, 1.807) is 0 Å². The summed E-state index contributed by atoms with van der Waals surface area (Å²) >= 11 is 0. The van der Waals surface area contributed by atoms with E-state index in [-0.39, 0.29) is 6.04 Å². The number of azide groups is 1. The van der Waals surface area contributed by atoms with Crippen LogP contribution in [0.1, 0.15) is 27.2 Å². The third-order valence-electron chi connectivity index (χ3n) is 2.06. The number of amides is 1. The van der Waals surface area contributed by atoms with E-state index < -0.39 is 11.7 Å². The van der Waals surface area contributed by atoms with E-state index in [4.69, 9.17) is 16.0 Å². The molecular formula is C11H24N6O2. The fourth-order valence-corrected chi connectivity index (χ4v) is 1.30. The van der Waals surface area contributed by atoms with Crippen LogP contribution in [0.3, 0.4) is 0 Å². The minimum Gasteiger partial charge on any atom is -0.444 e. The number of rotatable bonds is 8. The minimum atomic E-state index is -0.495. The second kappa shape index (κ2) is 9.43. The van der Waals surface area contributed by atoms with Crippen LogP contribution in [0.25, 0.3) is 10.4 Å². The van der Waals surface area contributed by atoms with Crippen molar-refractivity contribution in [2.75, 3.05) is 26.2 Å². The van der Waals surface area contributed by atoms with Gasteiger partial charge in [-0.15, -0.1) is 0 Å². The number of hydrogen-bond donors (Lipinski definition) is 3. The van der Waals surface area contributed by atoms with Crippen LogP contribution >= 0.6 is 0 Å². The molecule has 4 N–H and O–H groups in total. The van der Waals surface area contributed by atoms with Gasteiger partial charge in [-0.25, -0.2) is 4.79 Å². The van der Waals surface area contributed by atoms with E-state index in [0.717, 1.165) is 0 Å². The molecule has 0 aromatic carbocycles. The highest BCUT2D eigenvalue weighted by Crippen LogP contribution is 2.05. The second-order valence-electron chi connectivity index (χ2n) is 5.07. The molecule has 0 fully saturated rings. The van der Waals surface area contributed by atoms with E-state index >= 15 is 0 Å². The van der Waals surface area contributed by atoms with Crippen molar-refractivity contribution in [2.45, 2.75) is 38.8 Å². The zero-order valence-electron chi connectivity index (χ0n) is 11.8. The molecule has 1 amide bonds. The predicted molar refractivity (Wildman–Crippen MR) is 73.7 cm³/mol. The average Bonchev–Trinajstić information content (AvgIpc) is 2.26. The molecule has 0 aliphatic heterocycles. The van der Waals surface area contributed by atoms with Crippen LogP contribution in [0.4, 0.5) is 4.79 Å². The Morgan fingerprint density at radius 1 is 1.47 bits per heavy atom. The van der Waals surface area contributed by atoms with E-state index in [1.165, 1.54) is 0 Å². The van der Waals surface area contributed by atoms with Gasteiger partial charge in [0.1, 0.15) is 5.60 Å². The Labute approximate surface area is 113 Å². The summed E-state index contributed by atoms with van der Waals surface area (Å²) in [6.07, 6.45) is 0.194. The topological polar surface area (TPSA) is 125 Å². The zero-order valence-corrected chi connectivity index (χ0v) is 11.8. The Morgan fingerprint density at radius 3 is 2.68 bits per heavy atom. The summed E-state index contributed by atoms with van der Waals surface area (Å²) < 4.78 is 5.08. The molecule has 0 radical (unpaired) electrons. The standard InChI is InChI=1S/C11H24N6O2/c1-11(2,3)19-10(18)15-7-6-14-8-9(4-5-12)16-17-13/h9,14H,4-8,12H2,1-3H3,(H,15,18). The maximum atomic E-state index is 11.3. The third kappa shape index (κ3) is 11.3. The number of ether oxygens (including phenoxy) is 1. The van der Waals surface area contributed by atoms with Gasteiger partial charge in [-0.2, -0.15) is 0 Å². The van der Waals surface area contributed by atoms with Crippen molar-refractivity contribution in [1.82, 2.24) is 10.6 Å². The lowest BCUT2D eigenvalue weighted by Gasteiger charge is -2.19. The van der Waals surface area contributed by atoms with Crippen molar-refractivity contribution in [3.63, 3.8) is 0 Å². The molecule has 0 saturated heterocycles. The molecule has 110 valence electrons. The summed E-state index contributed by atoms with van der Waals surface area (Å²) in [6, 6.07) is -0.156. The fraction of sp³-hybridized carbons (Fsp3) is 0.909. The highest BCUT2D eigenvalue weighted by atomic mass is 16.6. The maximum absolute atomic E-state index is 11.3. The quantitative estimate of drug-likeness (QED) is 0.265. The van der Waals surface area contributed by atoms with Gasteiger partial charge >= 0.3 is 6.09 Å². The molecule has 0 heterocycles. The van der Waals surface area contributed by atoms with E-state index in [0.29, 0.717) is 32.6 Å². The van der Waals surface area contributed by atoms with Crippen LogP contribution in [0.2, 0.25) is 0 Å². The minimum absolute atomic E-state index is 0.156. The molecule has 0 spiro atoms. The van der Waals surface area contributed by atoms with Gasteiger partial charge in [-0.3, -0.25) is 0 Å². The Balaban J connectivity index is 3.69. The van der Waals surface area contributed by atoms with Crippen molar-refractivity contribution in [3.05, 3.63) is 10.4 Å². The molecule has 0 aromatic rings. The lowest BCUT2D eigenvalue weighted by atomic mass is 10.2. The molecule has 8 heteroatoms. The molecule has 0 aliphatic carbocycles. The summed E-state index contributed by atoms with van der Waals surface area (Å²) in [5.41, 5.74) is 13.3. The lowest BCUT2D eigenvalue weighted by molar-refractivity contribution is 0.0528. The highest BCUT2D eigenvalue weighted by molar-refractivity contribution is 5.67. The van der Waals surface area contributed by atoms with Gasteiger partial charge in [-0.1, -0.05) is 5.11 Å². The van der Waals surface area contributed by atoms with Crippen molar-refractivity contribution in [1.29, 1.82) is 0 Å². The van der Waals surface area contributed by atoms with Crippen molar-refractivity contribution in [2.24, 2.45) is 10.8 Å². The molecule has 0 rings (SSSR count). The third-order valence-corrected chi connectivity index (χ3v) is 2.06. The molecule has 8 nitrogen and oxygen atoms in total. The van der Waals surface area contributed by atoms with Crippen LogP contribution in [0.5, 0.6) is 0 Å². The number of nitrogens with one attached hydrogen (secondary N) is 2. The first-order valence-corrected chi connectivity index (χ1v) is 6.31. The maximum Gasteiger partial charge on any atom is 0.407 e. The van der Waals surface area contributed by atoms with Crippen LogP contribution in [-0.4, -0.2) is 43.9 Å². The predicted octanol–water partition coefficient (Wildman–Crippen LogP) is 1.13. The molecule has 0 bridgehead atoms. The van der Waals surface area contributed by atoms with Crippen LogP contribution in [-0.2, 0) is 4.74 Å². The first-order chi connectivity index (χ1) is 8.89. The van der Waals surface area contributed by atoms with Crippen molar-refractivity contribution in [3.8, 4) is 0 Å². The van der Waals surface area contributed by atoms with Crippen molar-refractivity contribution >= 4 is 6.09 Å². The van der Waals surface area contributed by atoms with Gasteiger partial charge in [0.2, 0.25) is 0 Å². The summed E-state index contributed by atoms with van der Waals surface area (Å²) in [5.74, 6) is 0. The van der Waals surface area contributed by atoms with Gasteiger partial charge in [0.05, 0.1) is 6.04 Å². The number of hydrogen-bond acceptors (Lipinski definition) is 5. The van der Waals surface area contributed by atoms with Crippen molar-refractivity contribution < 1.29 is 9.53 Å². The zero-order chi connectivity index (χ0) is 14.7. The van der Waals surface area contributed by atoms with E-state index in [1.807, 2.05) is 20.8 Å². The molecule has 1 atom stereocenters. The van der Waals surface area contributed by atoms with Gasteiger partial charge in [0.15, 0.2) is 0 Å². The molecule has 0 saturated carbocycles. The van der Waals surface area contributed by atoms with Crippen LogP contribution in [0, 0.1) is 0 Å². The number of alkyl carbamates (subject to hydrolysis) is 1. The first-order valence-electron chi connectivity index (χ1n) is 6.31. The summed E-state index contributed by atoms with van der Waals surface area (Å²) in [4.78, 5) is 14.1. The van der Waals surface area contributed by atoms with Gasteiger partial charge in [-0.05, 0) is 39.3 Å². The van der Waals surface area contributed by atoms with Gasteiger partial charge < -0.3 is 21.1 Å².